The van der Waals surface area contributed by atoms with Crippen LogP contribution in [0.15, 0.2) is 0 Å². The fraction of sp³-hybridized carbons (Fsp3) is 0.600. The van der Waals surface area contributed by atoms with Crippen molar-refractivity contribution in [1.29, 1.82) is 5.41 Å². The minimum atomic E-state index is -0.398. The van der Waals surface area contributed by atoms with E-state index in [1.807, 2.05) is 0 Å². The van der Waals surface area contributed by atoms with E-state index in [4.69, 9.17) is 17.0 Å². The molecular formula is C5H8ClNO2. The number of rotatable bonds is 4. The second kappa shape index (κ2) is 5.56. The van der Waals surface area contributed by atoms with Gasteiger partial charge >= 0.3 is 5.97 Å². The minimum absolute atomic E-state index is 0.0386. The van der Waals surface area contributed by atoms with Crippen LogP contribution in [0.25, 0.3) is 0 Å². The van der Waals surface area contributed by atoms with Gasteiger partial charge in [-0.3, -0.25) is 4.79 Å². The van der Waals surface area contributed by atoms with Crippen molar-refractivity contribution in [3.05, 3.63) is 0 Å². The minimum Gasteiger partial charge on any atom is -0.464 e. The average molecular weight is 150 g/mol. The van der Waals surface area contributed by atoms with Crippen LogP contribution in [0.2, 0.25) is 0 Å². The first-order chi connectivity index (χ1) is 4.31. The van der Waals surface area contributed by atoms with Gasteiger partial charge in [0, 0.05) is 6.21 Å². The van der Waals surface area contributed by atoms with Gasteiger partial charge in [-0.1, -0.05) is 0 Å². The first-order valence-electron chi connectivity index (χ1n) is 2.51. The van der Waals surface area contributed by atoms with E-state index >= 15 is 0 Å². The maximum Gasteiger partial charge on any atom is 0.311 e. The van der Waals surface area contributed by atoms with E-state index in [1.165, 1.54) is 0 Å². The second-order valence-electron chi connectivity index (χ2n) is 1.32. The fourth-order valence-electron chi connectivity index (χ4n) is 0.295. The lowest BCUT2D eigenvalue weighted by atomic mass is 10.5. The Morgan fingerprint density at radius 1 is 1.78 bits per heavy atom. The van der Waals surface area contributed by atoms with Crippen LogP contribution in [0, 0.1) is 5.41 Å². The van der Waals surface area contributed by atoms with E-state index in [9.17, 15) is 4.79 Å². The molecule has 0 aliphatic carbocycles. The number of esters is 1. The molecule has 52 valence electrons. The van der Waals surface area contributed by atoms with Crippen molar-refractivity contribution in [3.63, 3.8) is 0 Å². The zero-order valence-corrected chi connectivity index (χ0v) is 5.65. The monoisotopic (exact) mass is 149 g/mol. The van der Waals surface area contributed by atoms with E-state index in [0.717, 1.165) is 6.21 Å². The van der Waals surface area contributed by atoms with Gasteiger partial charge in [0.25, 0.3) is 0 Å². The van der Waals surface area contributed by atoms with E-state index < -0.39 is 5.97 Å². The molecule has 0 spiro atoms. The smallest absolute Gasteiger partial charge is 0.311 e. The SMILES string of the molecule is N=CCC(=O)OCCCl. The molecule has 0 aromatic heterocycles. The van der Waals surface area contributed by atoms with Crippen molar-refractivity contribution in [1.82, 2.24) is 0 Å². The van der Waals surface area contributed by atoms with E-state index in [-0.39, 0.29) is 13.0 Å². The summed E-state index contributed by atoms with van der Waals surface area (Å²) in [5.41, 5.74) is 0. The zero-order chi connectivity index (χ0) is 7.11. The number of halogens is 1. The molecule has 0 aromatic rings. The Morgan fingerprint density at radius 2 is 2.44 bits per heavy atom. The molecule has 0 atom stereocenters. The van der Waals surface area contributed by atoms with Crippen molar-refractivity contribution in [2.24, 2.45) is 0 Å². The highest BCUT2D eigenvalue weighted by Crippen LogP contribution is 1.83. The van der Waals surface area contributed by atoms with Crippen LogP contribution in [-0.4, -0.2) is 24.7 Å². The lowest BCUT2D eigenvalue weighted by molar-refractivity contribution is -0.141. The third kappa shape index (κ3) is 5.30. The first-order valence-corrected chi connectivity index (χ1v) is 3.05. The molecule has 4 heteroatoms. The average Bonchev–Trinajstić information content (AvgIpc) is 1.85. The third-order valence-electron chi connectivity index (χ3n) is 0.609. The molecule has 0 aromatic carbocycles. The van der Waals surface area contributed by atoms with Crippen molar-refractivity contribution in [3.8, 4) is 0 Å². The highest BCUT2D eigenvalue weighted by molar-refractivity contribution is 6.18. The summed E-state index contributed by atoms with van der Waals surface area (Å²) in [5, 5.41) is 6.51. The molecule has 3 nitrogen and oxygen atoms in total. The van der Waals surface area contributed by atoms with Crippen LogP contribution < -0.4 is 0 Å². The highest BCUT2D eigenvalue weighted by Gasteiger charge is 1.96. The summed E-state index contributed by atoms with van der Waals surface area (Å²) in [6.45, 7) is 0.230. The summed E-state index contributed by atoms with van der Waals surface area (Å²) in [7, 11) is 0. The number of nitrogens with one attached hydrogen (secondary N) is 1. The van der Waals surface area contributed by atoms with Crippen molar-refractivity contribution in [2.45, 2.75) is 6.42 Å². The van der Waals surface area contributed by atoms with Gasteiger partial charge in [0.05, 0.1) is 12.3 Å². The maximum absolute atomic E-state index is 10.4. The van der Waals surface area contributed by atoms with E-state index in [1.54, 1.807) is 0 Å². The Balaban J connectivity index is 3.16. The molecule has 0 rings (SSSR count). The topological polar surface area (TPSA) is 50.2 Å². The molecule has 0 fully saturated rings. The lowest BCUT2D eigenvalue weighted by Gasteiger charge is -1.96. The van der Waals surface area contributed by atoms with Gasteiger partial charge in [0.1, 0.15) is 6.61 Å². The standard InChI is InChI=1S/C5H8ClNO2/c6-2-4-9-5(8)1-3-7/h3,7H,1-2,4H2. The number of carbonyl (C=O) groups is 1. The molecule has 0 unspecified atom stereocenters. The Labute approximate surface area is 58.5 Å². The van der Waals surface area contributed by atoms with Gasteiger partial charge in [-0.25, -0.2) is 0 Å². The quantitative estimate of drug-likeness (QED) is 0.365. The highest BCUT2D eigenvalue weighted by atomic mass is 35.5. The van der Waals surface area contributed by atoms with Gasteiger partial charge in [0.15, 0.2) is 0 Å². The predicted molar refractivity (Wildman–Crippen MR) is 35.1 cm³/mol. The number of hydrogen-bond donors (Lipinski definition) is 1. The third-order valence-corrected chi connectivity index (χ3v) is 0.763. The molecule has 0 saturated heterocycles. The fourth-order valence-corrected chi connectivity index (χ4v) is 0.372. The van der Waals surface area contributed by atoms with Crippen molar-refractivity contribution in [2.75, 3.05) is 12.5 Å². The van der Waals surface area contributed by atoms with Crippen LogP contribution in [0.1, 0.15) is 6.42 Å². The Bertz CT molecular complexity index is 105. The molecular weight excluding hydrogens is 142 g/mol. The first kappa shape index (κ1) is 8.43. The summed E-state index contributed by atoms with van der Waals surface area (Å²) >= 11 is 5.21. The summed E-state index contributed by atoms with van der Waals surface area (Å²) in [5.74, 6) is -0.0883. The largest absolute Gasteiger partial charge is 0.464 e. The normalized spacial score (nSPS) is 8.56. The van der Waals surface area contributed by atoms with Crippen LogP contribution in [0.4, 0.5) is 0 Å². The Kier molecular flexibility index (Phi) is 5.21. The van der Waals surface area contributed by atoms with Crippen LogP contribution in [0.3, 0.4) is 0 Å². The molecule has 0 aliphatic rings. The van der Waals surface area contributed by atoms with Gasteiger partial charge < -0.3 is 10.1 Å². The molecule has 0 heterocycles. The zero-order valence-electron chi connectivity index (χ0n) is 4.89. The number of carbonyl (C=O) groups excluding carboxylic acids is 1. The Hall–Kier alpha value is -0.570. The molecule has 0 aliphatic heterocycles. The summed E-state index contributed by atoms with van der Waals surface area (Å²) in [6.07, 6.45) is 1.04. The van der Waals surface area contributed by atoms with Gasteiger partial charge in [0.2, 0.25) is 0 Å². The van der Waals surface area contributed by atoms with Crippen LogP contribution in [-0.2, 0) is 9.53 Å². The molecule has 1 N–H and O–H groups in total. The molecule has 0 amide bonds. The molecule has 9 heavy (non-hydrogen) atoms. The number of hydrogen-bond acceptors (Lipinski definition) is 3. The Morgan fingerprint density at radius 3 is 2.89 bits per heavy atom. The second-order valence-corrected chi connectivity index (χ2v) is 1.70. The molecule has 0 saturated carbocycles. The summed E-state index contributed by atoms with van der Waals surface area (Å²) in [6, 6.07) is 0. The summed E-state index contributed by atoms with van der Waals surface area (Å²) < 4.78 is 4.51. The van der Waals surface area contributed by atoms with E-state index in [0.29, 0.717) is 5.88 Å². The van der Waals surface area contributed by atoms with Crippen molar-refractivity contribution >= 4 is 23.8 Å². The molecule has 0 bridgehead atoms. The maximum atomic E-state index is 10.4. The number of ether oxygens (including phenoxy) is 1. The number of alkyl halides is 1. The van der Waals surface area contributed by atoms with Gasteiger partial charge in [-0.05, 0) is 0 Å². The lowest BCUT2D eigenvalue weighted by Crippen LogP contribution is -2.06. The van der Waals surface area contributed by atoms with Gasteiger partial charge in [-0.15, -0.1) is 11.6 Å². The molecule has 0 radical (unpaired) electrons. The van der Waals surface area contributed by atoms with E-state index in [2.05, 4.69) is 4.74 Å². The van der Waals surface area contributed by atoms with Crippen LogP contribution >= 0.6 is 11.6 Å². The van der Waals surface area contributed by atoms with Crippen LogP contribution in [0.5, 0.6) is 0 Å². The predicted octanol–water partition coefficient (Wildman–Crippen LogP) is 0.808. The van der Waals surface area contributed by atoms with Gasteiger partial charge in [-0.2, -0.15) is 0 Å². The summed E-state index contributed by atoms with van der Waals surface area (Å²) in [4.78, 5) is 10.4. The van der Waals surface area contributed by atoms with Crippen molar-refractivity contribution < 1.29 is 9.53 Å².